The Hall–Kier alpha value is -2.02. The maximum Gasteiger partial charge on any atom is 0.233 e. The van der Waals surface area contributed by atoms with Gasteiger partial charge in [-0.1, -0.05) is 11.8 Å². The summed E-state index contributed by atoms with van der Waals surface area (Å²) in [6.45, 7) is 1.95. The number of hydrogen-bond acceptors (Lipinski definition) is 5. The molecule has 4 saturated carbocycles. The van der Waals surface area contributed by atoms with E-state index in [1.165, 1.54) is 50.3 Å². The molecule has 4 bridgehead atoms. The van der Waals surface area contributed by atoms with Crippen molar-refractivity contribution in [2.24, 2.45) is 17.8 Å². The zero-order valence-electron chi connectivity index (χ0n) is 17.0. The van der Waals surface area contributed by atoms with Crippen LogP contribution >= 0.6 is 11.8 Å². The van der Waals surface area contributed by atoms with Crippen LogP contribution in [0.3, 0.4) is 0 Å². The predicted molar refractivity (Wildman–Crippen MR) is 113 cm³/mol. The smallest absolute Gasteiger partial charge is 0.233 e. The molecule has 0 saturated heterocycles. The van der Waals surface area contributed by atoms with Crippen molar-refractivity contribution in [3.8, 4) is 17.1 Å². The Morgan fingerprint density at radius 3 is 2.38 bits per heavy atom. The van der Waals surface area contributed by atoms with Crippen molar-refractivity contribution in [2.45, 2.75) is 61.4 Å². The third kappa shape index (κ3) is 3.77. The fourth-order valence-corrected chi connectivity index (χ4v) is 6.74. The van der Waals surface area contributed by atoms with Gasteiger partial charge in [-0.25, -0.2) is 4.98 Å². The molecule has 1 aromatic heterocycles. The number of nitrogens with one attached hydrogen (secondary N) is 2. The van der Waals surface area contributed by atoms with Gasteiger partial charge in [0, 0.05) is 11.1 Å². The molecule has 0 spiro atoms. The number of thioether (sulfide) groups is 1. The number of aromatic nitrogens is 3. The number of rotatable bonds is 6. The molecule has 6 rings (SSSR count). The number of H-pyrrole nitrogens is 1. The average Bonchev–Trinajstić information content (AvgIpc) is 3.15. The monoisotopic (exact) mass is 412 g/mol. The van der Waals surface area contributed by atoms with Gasteiger partial charge in [0.25, 0.3) is 0 Å². The van der Waals surface area contributed by atoms with Crippen LogP contribution in [0.2, 0.25) is 0 Å². The molecule has 2 aromatic rings. The van der Waals surface area contributed by atoms with Gasteiger partial charge < -0.3 is 10.1 Å². The molecule has 7 heteroatoms. The first kappa shape index (κ1) is 19.0. The lowest BCUT2D eigenvalue weighted by atomic mass is 9.53. The second kappa shape index (κ2) is 7.35. The van der Waals surface area contributed by atoms with Gasteiger partial charge in [0.1, 0.15) is 5.75 Å². The van der Waals surface area contributed by atoms with E-state index in [9.17, 15) is 4.79 Å². The first-order valence-electron chi connectivity index (χ1n) is 10.6. The molecule has 29 heavy (non-hydrogen) atoms. The van der Waals surface area contributed by atoms with Crippen molar-refractivity contribution in [1.82, 2.24) is 20.5 Å². The van der Waals surface area contributed by atoms with E-state index >= 15 is 0 Å². The van der Waals surface area contributed by atoms with Crippen LogP contribution in [0, 0.1) is 17.8 Å². The van der Waals surface area contributed by atoms with Crippen LogP contribution < -0.4 is 10.1 Å². The van der Waals surface area contributed by atoms with Crippen LogP contribution in [0.1, 0.15) is 45.4 Å². The number of aromatic amines is 1. The summed E-state index contributed by atoms with van der Waals surface area (Å²) in [7, 11) is 1.65. The van der Waals surface area contributed by atoms with Gasteiger partial charge in [-0.2, -0.15) is 0 Å². The molecule has 4 aliphatic carbocycles. The molecule has 4 aliphatic rings. The largest absolute Gasteiger partial charge is 0.497 e. The molecule has 0 aliphatic heterocycles. The van der Waals surface area contributed by atoms with E-state index in [0.29, 0.717) is 11.0 Å². The number of amides is 1. The highest BCUT2D eigenvalue weighted by Gasteiger charge is 2.51. The summed E-state index contributed by atoms with van der Waals surface area (Å²) in [5.41, 5.74) is 0.990. The molecular formula is C22H28N4O2S. The third-order valence-electron chi connectivity index (χ3n) is 6.91. The topological polar surface area (TPSA) is 79.9 Å². The lowest BCUT2D eigenvalue weighted by Crippen LogP contribution is -2.60. The highest BCUT2D eigenvalue weighted by molar-refractivity contribution is 8.00. The van der Waals surface area contributed by atoms with Crippen molar-refractivity contribution < 1.29 is 9.53 Å². The van der Waals surface area contributed by atoms with Crippen LogP contribution in [0.4, 0.5) is 0 Å². The normalized spacial score (nSPS) is 30.9. The van der Waals surface area contributed by atoms with Crippen LogP contribution in [-0.4, -0.2) is 39.0 Å². The van der Waals surface area contributed by atoms with E-state index in [1.807, 2.05) is 31.2 Å². The Bertz CT molecular complexity index is 859. The second-order valence-corrected chi connectivity index (χ2v) is 10.5. The molecular weight excluding hydrogens is 384 g/mol. The summed E-state index contributed by atoms with van der Waals surface area (Å²) in [5.74, 6) is 4.09. The summed E-state index contributed by atoms with van der Waals surface area (Å²) in [6, 6.07) is 7.67. The van der Waals surface area contributed by atoms with Crippen molar-refractivity contribution in [3.05, 3.63) is 24.3 Å². The van der Waals surface area contributed by atoms with Gasteiger partial charge in [0.05, 0.1) is 12.4 Å². The second-order valence-electron chi connectivity index (χ2n) is 9.14. The molecule has 1 heterocycles. The van der Waals surface area contributed by atoms with Crippen LogP contribution in [0.5, 0.6) is 5.75 Å². The minimum Gasteiger partial charge on any atom is -0.497 e. The first-order valence-corrected chi connectivity index (χ1v) is 11.5. The number of nitrogens with zero attached hydrogens (tertiary/aromatic N) is 2. The molecule has 1 atom stereocenters. The highest BCUT2D eigenvalue weighted by atomic mass is 32.2. The van der Waals surface area contributed by atoms with Crippen molar-refractivity contribution in [3.63, 3.8) is 0 Å². The van der Waals surface area contributed by atoms with E-state index < -0.39 is 0 Å². The van der Waals surface area contributed by atoms with Crippen LogP contribution in [0.15, 0.2) is 29.4 Å². The minimum absolute atomic E-state index is 0.0495. The molecule has 1 aromatic carbocycles. The van der Waals surface area contributed by atoms with Gasteiger partial charge in [-0.3, -0.25) is 9.89 Å². The number of carbonyl (C=O) groups is 1. The fraction of sp³-hybridized carbons (Fsp3) is 0.591. The van der Waals surface area contributed by atoms with Crippen molar-refractivity contribution in [2.75, 3.05) is 7.11 Å². The van der Waals surface area contributed by atoms with Gasteiger partial charge in [0.15, 0.2) is 5.82 Å². The Kier molecular flexibility index (Phi) is 4.81. The Balaban J connectivity index is 1.22. The minimum atomic E-state index is -0.220. The van der Waals surface area contributed by atoms with Crippen LogP contribution in [-0.2, 0) is 4.79 Å². The Morgan fingerprint density at radius 1 is 1.17 bits per heavy atom. The third-order valence-corrected chi connectivity index (χ3v) is 7.87. The quantitative estimate of drug-likeness (QED) is 0.700. The maximum atomic E-state index is 13.0. The predicted octanol–water partition coefficient (Wildman–Crippen LogP) is 4.05. The molecule has 6 nitrogen and oxygen atoms in total. The van der Waals surface area contributed by atoms with Gasteiger partial charge in [-0.05, 0) is 87.5 Å². The number of carbonyl (C=O) groups excluding carboxylic acids is 1. The highest BCUT2D eigenvalue weighted by Crippen LogP contribution is 2.55. The molecule has 1 unspecified atom stereocenters. The van der Waals surface area contributed by atoms with E-state index in [-0.39, 0.29) is 16.7 Å². The number of ether oxygens (including phenoxy) is 1. The molecule has 4 fully saturated rings. The maximum absolute atomic E-state index is 13.0. The van der Waals surface area contributed by atoms with Crippen molar-refractivity contribution >= 4 is 17.7 Å². The fourth-order valence-electron chi connectivity index (χ4n) is 6.02. The Morgan fingerprint density at radius 2 is 1.79 bits per heavy atom. The van der Waals surface area contributed by atoms with Gasteiger partial charge in [0.2, 0.25) is 11.1 Å². The lowest BCUT2D eigenvalue weighted by molar-refractivity contribution is -0.126. The zero-order chi connectivity index (χ0) is 20.0. The summed E-state index contributed by atoms with van der Waals surface area (Å²) in [6.07, 6.45) is 7.65. The zero-order valence-corrected chi connectivity index (χ0v) is 17.8. The number of methoxy groups -OCH3 is 1. The first-order chi connectivity index (χ1) is 14.0. The lowest BCUT2D eigenvalue weighted by Gasteiger charge is -2.57. The van der Waals surface area contributed by atoms with Crippen molar-refractivity contribution in [1.29, 1.82) is 0 Å². The van der Waals surface area contributed by atoms with Crippen LogP contribution in [0.25, 0.3) is 11.4 Å². The molecule has 1 amide bonds. The van der Waals surface area contributed by atoms with E-state index in [4.69, 9.17) is 4.74 Å². The SMILES string of the molecule is COc1ccc(-c2nc(SC(C)C(=O)NC34CC5CC(CC(C5)C3)C4)n[nH]2)cc1. The van der Waals surface area contributed by atoms with E-state index in [1.54, 1.807) is 7.11 Å². The van der Waals surface area contributed by atoms with E-state index in [2.05, 4.69) is 20.5 Å². The number of benzene rings is 1. The standard InChI is InChI=1S/C22H28N4O2S/c1-13(20(27)24-22-10-14-7-15(11-22)9-16(8-14)12-22)29-21-23-19(25-26-21)17-3-5-18(28-2)6-4-17/h3-6,13-16H,7-12H2,1-2H3,(H,24,27)(H,23,25,26). The average molecular weight is 413 g/mol. The molecule has 0 radical (unpaired) electrons. The summed E-state index contributed by atoms with van der Waals surface area (Å²) in [4.78, 5) is 17.5. The molecule has 154 valence electrons. The van der Waals surface area contributed by atoms with Gasteiger partial charge in [-0.15, -0.1) is 5.10 Å². The Labute approximate surface area is 175 Å². The van der Waals surface area contributed by atoms with Gasteiger partial charge >= 0.3 is 0 Å². The summed E-state index contributed by atoms with van der Waals surface area (Å²) in [5, 5.41) is 11.1. The van der Waals surface area contributed by atoms with E-state index in [0.717, 1.165) is 29.1 Å². The number of hydrogen-bond donors (Lipinski definition) is 2. The summed E-state index contributed by atoms with van der Waals surface area (Å²) >= 11 is 1.41. The molecule has 2 N–H and O–H groups in total. The summed E-state index contributed by atoms with van der Waals surface area (Å²) < 4.78 is 5.19.